The van der Waals surface area contributed by atoms with Crippen molar-refractivity contribution in [2.75, 3.05) is 33.5 Å². The number of fused-ring (bicyclic) bond motifs is 2. The second-order valence-corrected chi connectivity index (χ2v) is 10.0. The van der Waals surface area contributed by atoms with E-state index in [1.54, 1.807) is 0 Å². The quantitative estimate of drug-likeness (QED) is 0.273. The molecule has 12 heteroatoms. The molecule has 2 aromatic carbocycles. The van der Waals surface area contributed by atoms with Gasteiger partial charge in [0.15, 0.2) is 11.4 Å². The van der Waals surface area contributed by atoms with Crippen molar-refractivity contribution in [2.45, 2.75) is 38.8 Å². The minimum atomic E-state index is -0.970. The van der Waals surface area contributed by atoms with Crippen LogP contribution in [0, 0.1) is 11.8 Å². The van der Waals surface area contributed by atoms with Crippen LogP contribution in [0.5, 0.6) is 0 Å². The summed E-state index contributed by atoms with van der Waals surface area (Å²) in [7, 11) is 1.38. The topological polar surface area (TPSA) is 148 Å². The Morgan fingerprint density at radius 2 is 1.22 bits per heavy atom. The first-order valence-corrected chi connectivity index (χ1v) is 13.4. The van der Waals surface area contributed by atoms with E-state index in [1.165, 1.54) is 7.11 Å². The number of hydrogen-bond donors (Lipinski definition) is 1. The number of benzene rings is 2. The predicted molar refractivity (Wildman–Crippen MR) is 147 cm³/mol. The fourth-order valence-corrected chi connectivity index (χ4v) is 5.29. The summed E-state index contributed by atoms with van der Waals surface area (Å²) in [6.45, 7) is 4.78. The number of nitrogens with zero attached hydrogens (tertiary/aromatic N) is 4. The van der Waals surface area contributed by atoms with Crippen LogP contribution in [0.15, 0.2) is 48.5 Å². The molecule has 0 amide bonds. The van der Waals surface area contributed by atoms with Gasteiger partial charge in [-0.3, -0.25) is 9.36 Å². The molecule has 0 unspecified atom stereocenters. The molecule has 11 nitrogen and oxygen atoms in total. The molecule has 2 N–H and O–H groups in total. The van der Waals surface area contributed by atoms with Crippen LogP contribution >= 0.6 is 0 Å². The normalized spacial score (nSPS) is 15.8. The summed E-state index contributed by atoms with van der Waals surface area (Å²) in [5, 5.41) is 19.5. The molecule has 0 radical (unpaired) electrons. The van der Waals surface area contributed by atoms with E-state index in [2.05, 4.69) is 10.2 Å². The SMILES string of the molecule is COC(=O)c1nn(CC2CCOCC2)c2ccccc12.O=C(O)c1nn(CC2CCOCC2)c2ccccc12.[Li+].[OH-]. The van der Waals surface area contributed by atoms with Crippen LogP contribution < -0.4 is 18.9 Å². The molecular formula is C29H35LiN4O7. The fraction of sp³-hybridized carbons (Fsp3) is 0.448. The van der Waals surface area contributed by atoms with Gasteiger partial charge in [-0.15, -0.1) is 0 Å². The van der Waals surface area contributed by atoms with Crippen LogP contribution in [0.25, 0.3) is 21.8 Å². The summed E-state index contributed by atoms with van der Waals surface area (Å²) in [4.78, 5) is 23.0. The van der Waals surface area contributed by atoms with Gasteiger partial charge in [0.25, 0.3) is 0 Å². The number of carboxylic acid groups (broad SMARTS) is 1. The summed E-state index contributed by atoms with van der Waals surface area (Å²) in [5.41, 5.74) is 2.42. The molecule has 0 saturated carbocycles. The standard InChI is InChI=1S/C15H18N2O3.C14H16N2O3.Li.H2O/c1-19-15(18)14-12-4-2-3-5-13(12)17(16-14)10-11-6-8-20-9-7-11;17-14(18)13-11-3-1-2-4-12(11)16(15-13)9-10-5-7-19-8-6-10;;/h2-5,11H,6-10H2,1H3;1-4,10H,5-9H2,(H,17,18);;1H2/q;;+1;/p-1. The average molecular weight is 559 g/mol. The van der Waals surface area contributed by atoms with E-state index in [9.17, 15) is 14.7 Å². The Hall–Kier alpha value is -3.20. The van der Waals surface area contributed by atoms with Gasteiger partial charge in [-0.25, -0.2) is 9.59 Å². The van der Waals surface area contributed by atoms with E-state index in [0.29, 0.717) is 22.9 Å². The molecule has 2 aliphatic heterocycles. The number of carboxylic acids is 1. The molecule has 0 atom stereocenters. The van der Waals surface area contributed by atoms with E-state index in [4.69, 9.17) is 14.2 Å². The van der Waals surface area contributed by atoms with Crippen LogP contribution in [0.3, 0.4) is 0 Å². The molecule has 0 bridgehead atoms. The monoisotopic (exact) mass is 558 g/mol. The third-order valence-corrected chi connectivity index (χ3v) is 7.44. The van der Waals surface area contributed by atoms with Gasteiger partial charge in [-0.2, -0.15) is 10.2 Å². The van der Waals surface area contributed by atoms with Gasteiger partial charge in [-0.05, 0) is 49.7 Å². The van der Waals surface area contributed by atoms with E-state index in [1.807, 2.05) is 57.9 Å². The molecule has 2 aromatic heterocycles. The molecule has 0 spiro atoms. The van der Waals surface area contributed by atoms with Gasteiger partial charge < -0.3 is 24.8 Å². The number of aromatic carboxylic acids is 1. The third-order valence-electron chi connectivity index (χ3n) is 7.44. The van der Waals surface area contributed by atoms with Crippen molar-refractivity contribution in [2.24, 2.45) is 11.8 Å². The second kappa shape index (κ2) is 15.1. The smallest absolute Gasteiger partial charge is 0.870 e. The predicted octanol–water partition coefficient (Wildman–Crippen LogP) is 1.24. The number of esters is 1. The Labute approximate surface area is 250 Å². The number of rotatable bonds is 6. The fourth-order valence-electron chi connectivity index (χ4n) is 5.29. The first-order valence-electron chi connectivity index (χ1n) is 13.4. The van der Waals surface area contributed by atoms with Gasteiger partial charge in [0, 0.05) is 50.3 Å². The number of carbonyl (C=O) groups excluding carboxylic acids is 1. The number of para-hydroxylation sites is 2. The van der Waals surface area contributed by atoms with E-state index in [-0.39, 0.29) is 36.0 Å². The number of methoxy groups -OCH3 is 1. The van der Waals surface area contributed by atoms with E-state index >= 15 is 0 Å². The van der Waals surface area contributed by atoms with Crippen molar-refractivity contribution < 1.29 is 53.2 Å². The molecule has 41 heavy (non-hydrogen) atoms. The Bertz CT molecular complexity index is 1440. The van der Waals surface area contributed by atoms with Crippen molar-refractivity contribution in [3.63, 3.8) is 0 Å². The molecule has 2 saturated heterocycles. The Morgan fingerprint density at radius 1 is 0.805 bits per heavy atom. The van der Waals surface area contributed by atoms with Crippen molar-refractivity contribution in [3.8, 4) is 0 Å². The van der Waals surface area contributed by atoms with Gasteiger partial charge in [-0.1, -0.05) is 36.4 Å². The third kappa shape index (κ3) is 7.55. The Kier molecular flexibility index (Phi) is 11.9. The summed E-state index contributed by atoms with van der Waals surface area (Å²) >= 11 is 0. The largest absolute Gasteiger partial charge is 1.00 e. The molecule has 4 heterocycles. The summed E-state index contributed by atoms with van der Waals surface area (Å²) in [6.07, 6.45) is 4.11. The molecular weight excluding hydrogens is 523 g/mol. The van der Waals surface area contributed by atoms with Gasteiger partial charge in [0.05, 0.1) is 18.1 Å². The van der Waals surface area contributed by atoms with Gasteiger partial charge in [0.2, 0.25) is 0 Å². The number of hydrogen-bond acceptors (Lipinski definition) is 8. The number of aromatic nitrogens is 4. The van der Waals surface area contributed by atoms with Crippen LogP contribution in [0.1, 0.15) is 46.7 Å². The maximum absolute atomic E-state index is 11.8. The number of ether oxygens (including phenoxy) is 3. The molecule has 2 fully saturated rings. The van der Waals surface area contributed by atoms with Crippen molar-refractivity contribution >= 4 is 33.7 Å². The maximum atomic E-state index is 11.8. The van der Waals surface area contributed by atoms with Crippen molar-refractivity contribution in [3.05, 3.63) is 59.9 Å². The first-order chi connectivity index (χ1) is 19.0. The first kappa shape index (κ1) is 32.3. The summed E-state index contributed by atoms with van der Waals surface area (Å²) in [6, 6.07) is 15.3. The second-order valence-electron chi connectivity index (χ2n) is 10.0. The zero-order valence-electron chi connectivity index (χ0n) is 23.6. The van der Waals surface area contributed by atoms with Gasteiger partial charge in [0.1, 0.15) is 0 Å². The van der Waals surface area contributed by atoms with E-state index in [0.717, 1.165) is 81.6 Å². The number of carbonyl (C=O) groups is 2. The molecule has 6 rings (SSSR count). The van der Waals surface area contributed by atoms with Crippen LogP contribution in [0.4, 0.5) is 0 Å². The van der Waals surface area contributed by atoms with Crippen LogP contribution in [-0.4, -0.2) is 75.6 Å². The summed E-state index contributed by atoms with van der Waals surface area (Å²) in [5.74, 6) is -0.287. The van der Waals surface area contributed by atoms with E-state index < -0.39 is 5.97 Å². The van der Waals surface area contributed by atoms with Crippen LogP contribution in [-0.2, 0) is 27.3 Å². The minimum absolute atomic E-state index is 0. The molecule has 2 aliphatic rings. The zero-order chi connectivity index (χ0) is 27.2. The Balaban J connectivity index is 0.000000215. The molecule has 214 valence electrons. The Morgan fingerprint density at radius 3 is 1.66 bits per heavy atom. The van der Waals surface area contributed by atoms with Crippen LogP contribution in [0.2, 0.25) is 0 Å². The van der Waals surface area contributed by atoms with Crippen molar-refractivity contribution in [1.82, 2.24) is 19.6 Å². The average Bonchev–Trinajstić information content (AvgIpc) is 3.53. The molecule has 4 aromatic rings. The molecule has 0 aliphatic carbocycles. The van der Waals surface area contributed by atoms with Crippen molar-refractivity contribution in [1.29, 1.82) is 0 Å². The summed E-state index contributed by atoms with van der Waals surface area (Å²) < 4.78 is 19.3. The van der Waals surface area contributed by atoms with Gasteiger partial charge >= 0.3 is 30.8 Å². The maximum Gasteiger partial charge on any atom is 1.00 e. The minimum Gasteiger partial charge on any atom is -0.870 e. The zero-order valence-corrected chi connectivity index (χ0v) is 23.6.